The summed E-state index contributed by atoms with van der Waals surface area (Å²) in [4.78, 5) is 8.19. The highest BCUT2D eigenvalue weighted by Crippen LogP contribution is 2.14. The zero-order chi connectivity index (χ0) is 9.10. The van der Waals surface area contributed by atoms with E-state index < -0.39 is 6.17 Å². The molecule has 1 aliphatic heterocycles. The van der Waals surface area contributed by atoms with Crippen molar-refractivity contribution in [1.29, 1.82) is 0 Å². The molecule has 0 saturated carbocycles. The van der Waals surface area contributed by atoms with Crippen LogP contribution in [-0.4, -0.2) is 23.4 Å². The molecule has 0 spiro atoms. The molecule has 2 rings (SSSR count). The Morgan fingerprint density at radius 3 is 3.00 bits per heavy atom. The third kappa shape index (κ3) is 1.91. The lowest BCUT2D eigenvalue weighted by Crippen LogP contribution is -2.17. The van der Waals surface area contributed by atoms with Gasteiger partial charge in [0.1, 0.15) is 6.17 Å². The minimum Gasteiger partial charge on any atom is -0.286 e. The average molecular weight is 178 g/mol. The van der Waals surface area contributed by atoms with Gasteiger partial charge >= 0.3 is 0 Å². The predicted octanol–water partition coefficient (Wildman–Crippen LogP) is 2.00. The molecule has 1 atom stereocenters. The summed E-state index contributed by atoms with van der Waals surface area (Å²) in [6, 6.07) is 3.84. The monoisotopic (exact) mass is 178 g/mol. The lowest BCUT2D eigenvalue weighted by Gasteiger charge is -2.14. The first-order valence-corrected chi connectivity index (χ1v) is 4.44. The Morgan fingerprint density at radius 1 is 1.46 bits per heavy atom. The van der Waals surface area contributed by atoms with Gasteiger partial charge in [0.25, 0.3) is 0 Å². The lowest BCUT2D eigenvalue weighted by molar-refractivity contribution is 0.320. The number of nitrogens with zero attached hydrogens (tertiary/aromatic N) is 2. The second-order valence-electron chi connectivity index (χ2n) is 3.17. The molecule has 1 aromatic rings. The van der Waals surface area contributed by atoms with E-state index in [1.807, 2.05) is 12.1 Å². The molecule has 0 aromatic carbocycles. The van der Waals surface area contributed by atoms with E-state index >= 15 is 0 Å². The first kappa shape index (κ1) is 8.35. The fourth-order valence-electron chi connectivity index (χ4n) is 1.44. The number of aromatic nitrogens is 1. The molecular weight excluding hydrogens is 167 g/mol. The normalized spacial score (nSPS) is 22.5. The minimum atomic E-state index is -0.750. The standard InChI is InChI=1S/C10H11FN2/c11-9-3-4-10(13-7-9)8-2-1-5-12-6-8/h1-2,5-6,9H,3-4,7H2. The van der Waals surface area contributed by atoms with Gasteiger partial charge in [-0.05, 0) is 18.9 Å². The van der Waals surface area contributed by atoms with Crippen molar-refractivity contribution in [3.8, 4) is 0 Å². The summed E-state index contributed by atoms with van der Waals surface area (Å²) in [7, 11) is 0. The first-order valence-electron chi connectivity index (χ1n) is 4.44. The van der Waals surface area contributed by atoms with Crippen LogP contribution in [0.2, 0.25) is 0 Å². The van der Waals surface area contributed by atoms with Crippen molar-refractivity contribution in [3.05, 3.63) is 30.1 Å². The number of pyridine rings is 1. The van der Waals surface area contributed by atoms with E-state index in [0.29, 0.717) is 13.0 Å². The van der Waals surface area contributed by atoms with E-state index in [0.717, 1.165) is 17.7 Å². The predicted molar refractivity (Wildman–Crippen MR) is 49.8 cm³/mol. The molecule has 3 heteroatoms. The summed E-state index contributed by atoms with van der Waals surface area (Å²) in [5.74, 6) is 0. The molecule has 13 heavy (non-hydrogen) atoms. The summed E-state index contributed by atoms with van der Waals surface area (Å²) >= 11 is 0. The molecule has 0 saturated heterocycles. The Bertz CT molecular complexity index is 308. The number of hydrogen-bond donors (Lipinski definition) is 0. The smallest absolute Gasteiger partial charge is 0.120 e. The fourth-order valence-corrected chi connectivity index (χ4v) is 1.44. The summed E-state index contributed by atoms with van der Waals surface area (Å²) in [5, 5.41) is 0. The highest BCUT2D eigenvalue weighted by atomic mass is 19.1. The highest BCUT2D eigenvalue weighted by Gasteiger charge is 2.15. The van der Waals surface area contributed by atoms with Crippen LogP contribution < -0.4 is 0 Å². The first-order chi connectivity index (χ1) is 6.36. The van der Waals surface area contributed by atoms with Crippen LogP contribution in [0.3, 0.4) is 0 Å². The Morgan fingerprint density at radius 2 is 2.38 bits per heavy atom. The summed E-state index contributed by atoms with van der Waals surface area (Å²) < 4.78 is 12.7. The molecule has 0 fully saturated rings. The molecule has 2 heterocycles. The van der Waals surface area contributed by atoms with Gasteiger partial charge in [-0.2, -0.15) is 0 Å². The molecule has 0 radical (unpaired) electrons. The van der Waals surface area contributed by atoms with E-state index in [-0.39, 0.29) is 0 Å². The van der Waals surface area contributed by atoms with E-state index in [1.165, 1.54) is 0 Å². The second kappa shape index (κ2) is 3.64. The maximum atomic E-state index is 12.7. The summed E-state index contributed by atoms with van der Waals surface area (Å²) in [5.41, 5.74) is 2.01. The molecule has 68 valence electrons. The van der Waals surface area contributed by atoms with Crippen molar-refractivity contribution in [1.82, 2.24) is 4.98 Å². The van der Waals surface area contributed by atoms with Gasteiger partial charge in [0.2, 0.25) is 0 Å². The van der Waals surface area contributed by atoms with Crippen LogP contribution in [-0.2, 0) is 0 Å². The van der Waals surface area contributed by atoms with Gasteiger partial charge in [-0.1, -0.05) is 6.07 Å². The van der Waals surface area contributed by atoms with Crippen molar-refractivity contribution in [2.45, 2.75) is 19.0 Å². The summed E-state index contributed by atoms with van der Waals surface area (Å²) in [6.45, 7) is 0.310. The summed E-state index contributed by atoms with van der Waals surface area (Å²) in [6.07, 6.45) is 4.07. The number of aliphatic imine (C=N–C) groups is 1. The molecule has 1 aliphatic rings. The SMILES string of the molecule is FC1CCC(c2cccnc2)=NC1. The van der Waals surface area contributed by atoms with Crippen molar-refractivity contribution in [2.75, 3.05) is 6.54 Å². The largest absolute Gasteiger partial charge is 0.286 e. The Labute approximate surface area is 76.5 Å². The number of hydrogen-bond acceptors (Lipinski definition) is 2. The van der Waals surface area contributed by atoms with Crippen LogP contribution in [0.1, 0.15) is 18.4 Å². The molecule has 0 aliphatic carbocycles. The molecular formula is C10H11FN2. The van der Waals surface area contributed by atoms with Crippen molar-refractivity contribution in [2.24, 2.45) is 4.99 Å². The van der Waals surface area contributed by atoms with Crippen LogP contribution in [0.25, 0.3) is 0 Å². The second-order valence-corrected chi connectivity index (χ2v) is 3.17. The van der Waals surface area contributed by atoms with Crippen molar-refractivity contribution in [3.63, 3.8) is 0 Å². The third-order valence-electron chi connectivity index (χ3n) is 2.17. The van der Waals surface area contributed by atoms with Gasteiger partial charge in [-0.3, -0.25) is 9.98 Å². The van der Waals surface area contributed by atoms with Gasteiger partial charge in [-0.25, -0.2) is 4.39 Å². The van der Waals surface area contributed by atoms with Crippen LogP contribution in [0.15, 0.2) is 29.5 Å². The average Bonchev–Trinajstić information content (AvgIpc) is 2.20. The van der Waals surface area contributed by atoms with Gasteiger partial charge in [0.05, 0.1) is 6.54 Å². The third-order valence-corrected chi connectivity index (χ3v) is 2.17. The molecule has 0 amide bonds. The van der Waals surface area contributed by atoms with Crippen LogP contribution >= 0.6 is 0 Å². The lowest BCUT2D eigenvalue weighted by atomic mass is 10.0. The maximum absolute atomic E-state index is 12.7. The molecule has 0 N–H and O–H groups in total. The van der Waals surface area contributed by atoms with E-state index in [4.69, 9.17) is 0 Å². The number of rotatable bonds is 1. The molecule has 2 nitrogen and oxygen atoms in total. The zero-order valence-electron chi connectivity index (χ0n) is 7.28. The topological polar surface area (TPSA) is 25.2 Å². The van der Waals surface area contributed by atoms with Gasteiger partial charge in [0.15, 0.2) is 0 Å². The van der Waals surface area contributed by atoms with Crippen LogP contribution in [0.5, 0.6) is 0 Å². The van der Waals surface area contributed by atoms with Gasteiger partial charge < -0.3 is 0 Å². The van der Waals surface area contributed by atoms with E-state index in [2.05, 4.69) is 9.98 Å². The van der Waals surface area contributed by atoms with Crippen molar-refractivity contribution >= 4 is 5.71 Å². The Hall–Kier alpha value is -1.25. The quantitative estimate of drug-likeness (QED) is 0.645. The Balaban J connectivity index is 2.19. The highest BCUT2D eigenvalue weighted by molar-refractivity contribution is 6.00. The number of halogens is 1. The molecule has 0 bridgehead atoms. The minimum absolute atomic E-state index is 0.310. The maximum Gasteiger partial charge on any atom is 0.120 e. The van der Waals surface area contributed by atoms with E-state index in [9.17, 15) is 4.39 Å². The Kier molecular flexibility index (Phi) is 2.34. The zero-order valence-corrected chi connectivity index (χ0v) is 7.28. The van der Waals surface area contributed by atoms with E-state index in [1.54, 1.807) is 12.4 Å². The van der Waals surface area contributed by atoms with Crippen molar-refractivity contribution < 1.29 is 4.39 Å². The van der Waals surface area contributed by atoms with Crippen LogP contribution in [0, 0.1) is 0 Å². The number of alkyl halides is 1. The molecule has 1 unspecified atom stereocenters. The van der Waals surface area contributed by atoms with Crippen LogP contribution in [0.4, 0.5) is 4.39 Å². The van der Waals surface area contributed by atoms with Gasteiger partial charge in [0, 0.05) is 23.7 Å². The van der Waals surface area contributed by atoms with Gasteiger partial charge in [-0.15, -0.1) is 0 Å². The molecule has 1 aromatic heterocycles. The fraction of sp³-hybridized carbons (Fsp3) is 0.400.